The van der Waals surface area contributed by atoms with Gasteiger partial charge >= 0.3 is 0 Å². The summed E-state index contributed by atoms with van der Waals surface area (Å²) in [6, 6.07) is 0.561. The molecule has 3 rings (SSSR count). The summed E-state index contributed by atoms with van der Waals surface area (Å²) in [5.74, 6) is 1.40. The van der Waals surface area contributed by atoms with Crippen LogP contribution in [0, 0.1) is 0 Å². The van der Waals surface area contributed by atoms with E-state index in [2.05, 4.69) is 27.5 Å². The van der Waals surface area contributed by atoms with Gasteiger partial charge in [0.2, 0.25) is 5.95 Å². The van der Waals surface area contributed by atoms with E-state index in [4.69, 9.17) is 5.73 Å². The normalized spacial score (nSPS) is 32.3. The van der Waals surface area contributed by atoms with E-state index in [0.29, 0.717) is 12.0 Å². The first-order valence-corrected chi connectivity index (χ1v) is 5.18. The third kappa shape index (κ3) is 1.10. The van der Waals surface area contributed by atoms with Gasteiger partial charge in [-0.1, -0.05) is 6.92 Å². The predicted octanol–water partition coefficient (Wildman–Crippen LogP) is -0.128. The van der Waals surface area contributed by atoms with Crippen LogP contribution in [-0.2, 0) is 0 Å². The quantitative estimate of drug-likeness (QED) is 0.598. The van der Waals surface area contributed by atoms with Gasteiger partial charge < -0.3 is 16.4 Å². The van der Waals surface area contributed by atoms with E-state index in [0.717, 1.165) is 12.4 Å². The molecule has 1 aromatic rings. The summed E-state index contributed by atoms with van der Waals surface area (Å²) < 4.78 is 2.02. The Morgan fingerprint density at radius 1 is 1.53 bits per heavy atom. The minimum absolute atomic E-state index is 0.0497. The first-order chi connectivity index (χ1) is 7.29. The van der Waals surface area contributed by atoms with Crippen LogP contribution >= 0.6 is 0 Å². The van der Waals surface area contributed by atoms with Crippen molar-refractivity contribution in [2.75, 3.05) is 5.32 Å². The topological polar surface area (TPSA) is 80.3 Å². The number of anilines is 1. The summed E-state index contributed by atoms with van der Waals surface area (Å²) >= 11 is 0. The summed E-state index contributed by atoms with van der Waals surface area (Å²) in [5, 5.41) is 6.58. The van der Waals surface area contributed by atoms with E-state index < -0.39 is 0 Å². The molecular weight excluding hydrogens is 192 g/mol. The number of hydrogen-bond acceptors (Lipinski definition) is 5. The summed E-state index contributed by atoms with van der Waals surface area (Å²) in [6.07, 6.45) is 4.77. The molecular formula is C9H14N6. The van der Waals surface area contributed by atoms with Crippen LogP contribution in [0.5, 0.6) is 0 Å². The van der Waals surface area contributed by atoms with Crippen molar-refractivity contribution in [3.63, 3.8) is 0 Å². The monoisotopic (exact) mass is 206 g/mol. The molecule has 0 aliphatic carbocycles. The fraction of sp³-hybridized carbons (Fsp3) is 0.556. The maximum absolute atomic E-state index is 5.71. The molecule has 0 aromatic carbocycles. The Hall–Kier alpha value is -1.72. The molecule has 2 aliphatic rings. The number of aromatic nitrogens is 2. The molecule has 0 saturated carbocycles. The van der Waals surface area contributed by atoms with Crippen molar-refractivity contribution in [2.24, 2.45) is 10.7 Å². The zero-order valence-corrected chi connectivity index (χ0v) is 8.51. The molecule has 3 heterocycles. The number of nitrogens with zero attached hydrogens (tertiary/aromatic N) is 3. The van der Waals surface area contributed by atoms with Gasteiger partial charge in [0, 0.05) is 12.4 Å². The van der Waals surface area contributed by atoms with Crippen LogP contribution in [0.25, 0.3) is 0 Å². The fourth-order valence-corrected chi connectivity index (χ4v) is 2.30. The van der Waals surface area contributed by atoms with Crippen molar-refractivity contribution in [1.29, 1.82) is 0 Å². The molecule has 4 N–H and O–H groups in total. The van der Waals surface area contributed by atoms with E-state index in [1.165, 1.54) is 0 Å². The predicted molar refractivity (Wildman–Crippen MR) is 57.5 cm³/mol. The molecule has 0 amide bonds. The number of nitrogens with two attached hydrogens (primary N) is 1. The van der Waals surface area contributed by atoms with Crippen molar-refractivity contribution >= 4 is 11.9 Å². The lowest BCUT2D eigenvalue weighted by atomic mass is 10.0. The molecule has 0 bridgehead atoms. The Balaban J connectivity index is 2.04. The molecule has 1 aromatic heterocycles. The zero-order chi connectivity index (χ0) is 10.4. The van der Waals surface area contributed by atoms with Crippen LogP contribution in [0.15, 0.2) is 17.4 Å². The molecule has 0 spiro atoms. The van der Waals surface area contributed by atoms with Crippen molar-refractivity contribution in [1.82, 2.24) is 14.9 Å². The van der Waals surface area contributed by atoms with Gasteiger partial charge in [0.05, 0.1) is 12.1 Å². The van der Waals surface area contributed by atoms with Crippen LogP contribution in [-0.4, -0.2) is 27.6 Å². The second-order valence-corrected chi connectivity index (χ2v) is 3.92. The van der Waals surface area contributed by atoms with Crippen LogP contribution in [0.4, 0.5) is 5.95 Å². The molecule has 6 nitrogen and oxygen atoms in total. The summed E-state index contributed by atoms with van der Waals surface area (Å²) in [5.41, 5.74) is 5.71. The van der Waals surface area contributed by atoms with Gasteiger partial charge in [-0.15, -0.1) is 0 Å². The molecule has 6 heteroatoms. The third-order valence-corrected chi connectivity index (χ3v) is 3.05. The molecule has 0 fully saturated rings. The number of guanidine groups is 1. The number of rotatable bonds is 1. The Labute approximate surface area is 87.6 Å². The van der Waals surface area contributed by atoms with Gasteiger partial charge in [-0.05, 0) is 6.42 Å². The van der Waals surface area contributed by atoms with Gasteiger partial charge in [-0.3, -0.25) is 4.57 Å². The largest absolute Gasteiger partial charge is 0.370 e. The van der Waals surface area contributed by atoms with E-state index in [1.807, 2.05) is 10.8 Å². The summed E-state index contributed by atoms with van der Waals surface area (Å²) in [4.78, 5) is 8.64. The van der Waals surface area contributed by atoms with E-state index in [1.54, 1.807) is 6.20 Å². The number of imidazole rings is 1. The van der Waals surface area contributed by atoms with E-state index in [9.17, 15) is 0 Å². The van der Waals surface area contributed by atoms with Crippen molar-refractivity contribution < 1.29 is 0 Å². The highest BCUT2D eigenvalue weighted by Gasteiger charge is 2.39. The van der Waals surface area contributed by atoms with Crippen LogP contribution in [0.1, 0.15) is 19.5 Å². The molecule has 0 unspecified atom stereocenters. The van der Waals surface area contributed by atoms with Gasteiger partial charge in [0.25, 0.3) is 0 Å². The van der Waals surface area contributed by atoms with Gasteiger partial charge in [0.1, 0.15) is 0 Å². The van der Waals surface area contributed by atoms with Gasteiger partial charge in [0.15, 0.2) is 12.1 Å². The Morgan fingerprint density at radius 2 is 2.40 bits per heavy atom. The lowest BCUT2D eigenvalue weighted by molar-refractivity contribution is 0.353. The van der Waals surface area contributed by atoms with Crippen molar-refractivity contribution in [3.8, 4) is 0 Å². The highest BCUT2D eigenvalue weighted by molar-refractivity contribution is 5.80. The molecule has 80 valence electrons. The Morgan fingerprint density at radius 3 is 3.20 bits per heavy atom. The number of nitrogens with one attached hydrogen (secondary N) is 2. The molecule has 15 heavy (non-hydrogen) atoms. The standard InChI is InChI=1S/C9H14N6/c1-2-5-6-7(14-8(10)13-6)15-4-3-11-9(15)12-5/h3-7H,2H2,1H3,(H,11,12)(H3,10,13,14)/t5-,6+,7-/m1/s1. The average Bonchev–Trinajstić information content (AvgIpc) is 2.80. The number of aliphatic imine (C=N–C) groups is 1. The maximum Gasteiger partial charge on any atom is 0.204 e. The first kappa shape index (κ1) is 8.58. The first-order valence-electron chi connectivity index (χ1n) is 5.18. The number of hydrogen-bond donors (Lipinski definition) is 3. The zero-order valence-electron chi connectivity index (χ0n) is 8.51. The molecule has 0 radical (unpaired) electrons. The lowest BCUT2D eigenvalue weighted by Gasteiger charge is -2.34. The minimum Gasteiger partial charge on any atom is -0.370 e. The second-order valence-electron chi connectivity index (χ2n) is 3.92. The molecule has 2 aliphatic heterocycles. The summed E-state index contributed by atoms with van der Waals surface area (Å²) in [6.45, 7) is 2.14. The second kappa shape index (κ2) is 2.88. The van der Waals surface area contributed by atoms with Crippen LogP contribution in [0.3, 0.4) is 0 Å². The molecule has 3 atom stereocenters. The average molecular weight is 206 g/mol. The number of fused-ring (bicyclic) bond motifs is 3. The Kier molecular flexibility index (Phi) is 1.65. The van der Waals surface area contributed by atoms with Gasteiger partial charge in [-0.25, -0.2) is 9.98 Å². The van der Waals surface area contributed by atoms with Gasteiger partial charge in [-0.2, -0.15) is 0 Å². The van der Waals surface area contributed by atoms with E-state index in [-0.39, 0.29) is 12.2 Å². The smallest absolute Gasteiger partial charge is 0.204 e. The summed E-state index contributed by atoms with van der Waals surface area (Å²) in [7, 11) is 0. The Bertz CT molecular complexity index is 408. The van der Waals surface area contributed by atoms with Crippen LogP contribution in [0.2, 0.25) is 0 Å². The maximum atomic E-state index is 5.71. The molecule has 0 saturated heterocycles. The van der Waals surface area contributed by atoms with E-state index >= 15 is 0 Å². The minimum atomic E-state index is 0.0497. The highest BCUT2D eigenvalue weighted by atomic mass is 15.4. The SMILES string of the molecule is CC[C@H]1Nc2nccn2[C@H]2N=C(N)N[C@@H]12. The van der Waals surface area contributed by atoms with Crippen molar-refractivity contribution in [2.45, 2.75) is 31.6 Å². The van der Waals surface area contributed by atoms with Crippen LogP contribution < -0.4 is 16.4 Å². The fourth-order valence-electron chi connectivity index (χ4n) is 2.30. The highest BCUT2D eigenvalue weighted by Crippen LogP contribution is 2.31. The lowest BCUT2D eigenvalue weighted by Crippen LogP contribution is -2.51. The van der Waals surface area contributed by atoms with Crippen molar-refractivity contribution in [3.05, 3.63) is 12.4 Å². The third-order valence-electron chi connectivity index (χ3n) is 3.05.